The number of rotatable bonds is 8. The van der Waals surface area contributed by atoms with Crippen LogP contribution in [-0.4, -0.2) is 60.1 Å². The number of nitrogens with one attached hydrogen (secondary N) is 2. The van der Waals surface area contributed by atoms with E-state index in [2.05, 4.69) is 22.5 Å². The Morgan fingerprint density at radius 3 is 2.88 bits per heavy atom. The summed E-state index contributed by atoms with van der Waals surface area (Å²) in [4.78, 5) is 14.1. The summed E-state index contributed by atoms with van der Waals surface area (Å²) >= 11 is 6.96. The molecule has 0 unspecified atom stereocenters. The van der Waals surface area contributed by atoms with Gasteiger partial charge in [0.25, 0.3) is 5.69 Å². The largest absolute Gasteiger partial charge is 0.379 e. The number of hydrogen-bond donors (Lipinski definition) is 2. The van der Waals surface area contributed by atoms with E-state index in [1.807, 2.05) is 0 Å². The van der Waals surface area contributed by atoms with Crippen LogP contribution in [0.2, 0.25) is 0 Å². The van der Waals surface area contributed by atoms with Gasteiger partial charge in [-0.3, -0.25) is 15.0 Å². The number of ether oxygens (including phenoxy) is 1. The normalized spacial score (nSPS) is 14.9. The fourth-order valence-corrected chi connectivity index (χ4v) is 3.42. The molecule has 0 radical (unpaired) electrons. The number of nitrogens with zero attached hydrogens (tertiary/aromatic N) is 2. The molecule has 0 amide bonds. The highest BCUT2D eigenvalue weighted by atomic mass is 32.2. The summed E-state index contributed by atoms with van der Waals surface area (Å²) in [5.74, 6) is 0.972. The first-order valence-electron chi connectivity index (χ1n) is 8.36. The predicted molar refractivity (Wildman–Crippen MR) is 106 cm³/mol. The molecule has 0 atom stereocenters. The maximum atomic E-state index is 11.2. The van der Waals surface area contributed by atoms with Crippen LogP contribution < -0.4 is 10.6 Å². The van der Waals surface area contributed by atoms with E-state index < -0.39 is 4.92 Å². The molecule has 0 aromatic heterocycles. The average molecular weight is 385 g/mol. The molecular weight excluding hydrogens is 360 g/mol. The lowest BCUT2D eigenvalue weighted by Crippen LogP contribution is -2.42. The van der Waals surface area contributed by atoms with Gasteiger partial charge in [-0.25, -0.2) is 0 Å². The minimum absolute atomic E-state index is 0.0261. The van der Waals surface area contributed by atoms with Gasteiger partial charge in [-0.2, -0.15) is 0 Å². The van der Waals surface area contributed by atoms with Gasteiger partial charge in [0.05, 0.1) is 18.1 Å². The fourth-order valence-electron chi connectivity index (χ4n) is 2.40. The van der Waals surface area contributed by atoms with Crippen LogP contribution in [0.3, 0.4) is 0 Å². The zero-order chi connectivity index (χ0) is 18.1. The third-order valence-electron chi connectivity index (χ3n) is 3.70. The first-order valence-corrected chi connectivity index (χ1v) is 9.75. The SMILES string of the molecule is CCCSc1ccc([N+](=O)[O-])c(NC(=S)NCCN2CCOCC2)c1. The van der Waals surface area contributed by atoms with Gasteiger partial charge >= 0.3 is 0 Å². The molecule has 0 aliphatic carbocycles. The average Bonchev–Trinajstić information content (AvgIpc) is 2.60. The van der Waals surface area contributed by atoms with Crippen LogP contribution in [0.1, 0.15) is 13.3 Å². The molecule has 0 spiro atoms. The van der Waals surface area contributed by atoms with E-state index in [9.17, 15) is 10.1 Å². The molecule has 0 saturated carbocycles. The van der Waals surface area contributed by atoms with E-state index in [0.29, 0.717) is 17.3 Å². The molecule has 1 fully saturated rings. The predicted octanol–water partition coefficient (Wildman–Crippen LogP) is 2.72. The Labute approximate surface area is 157 Å². The quantitative estimate of drug-likeness (QED) is 0.307. The maximum Gasteiger partial charge on any atom is 0.292 e. The summed E-state index contributed by atoms with van der Waals surface area (Å²) in [6.45, 7) is 7.01. The van der Waals surface area contributed by atoms with Gasteiger partial charge in [0.1, 0.15) is 5.69 Å². The van der Waals surface area contributed by atoms with Crippen molar-refractivity contribution < 1.29 is 9.66 Å². The van der Waals surface area contributed by atoms with Gasteiger partial charge in [-0.1, -0.05) is 6.92 Å². The Morgan fingerprint density at radius 2 is 2.20 bits per heavy atom. The van der Waals surface area contributed by atoms with Gasteiger partial charge in [0.2, 0.25) is 0 Å². The van der Waals surface area contributed by atoms with Crippen molar-refractivity contribution in [1.29, 1.82) is 0 Å². The van der Waals surface area contributed by atoms with Crippen LogP contribution in [0.15, 0.2) is 23.1 Å². The molecular formula is C16H24N4O3S2. The molecule has 138 valence electrons. The fraction of sp³-hybridized carbons (Fsp3) is 0.562. The molecule has 2 N–H and O–H groups in total. The molecule has 0 bridgehead atoms. The van der Waals surface area contributed by atoms with Crippen LogP contribution >= 0.6 is 24.0 Å². The van der Waals surface area contributed by atoms with Crippen molar-refractivity contribution in [2.45, 2.75) is 18.2 Å². The minimum atomic E-state index is -0.396. The molecule has 9 heteroatoms. The lowest BCUT2D eigenvalue weighted by molar-refractivity contribution is -0.383. The lowest BCUT2D eigenvalue weighted by Gasteiger charge is -2.26. The van der Waals surface area contributed by atoms with Crippen molar-refractivity contribution in [3.05, 3.63) is 28.3 Å². The molecule has 2 rings (SSSR count). The van der Waals surface area contributed by atoms with Gasteiger partial charge in [0.15, 0.2) is 5.11 Å². The summed E-state index contributed by atoms with van der Waals surface area (Å²) in [7, 11) is 0. The summed E-state index contributed by atoms with van der Waals surface area (Å²) in [5, 5.41) is 17.7. The Bertz CT molecular complexity index is 595. The Balaban J connectivity index is 1.89. The van der Waals surface area contributed by atoms with Gasteiger partial charge in [0, 0.05) is 37.1 Å². The van der Waals surface area contributed by atoms with Crippen molar-refractivity contribution in [1.82, 2.24) is 10.2 Å². The molecule has 7 nitrogen and oxygen atoms in total. The molecule has 1 aromatic carbocycles. The smallest absolute Gasteiger partial charge is 0.292 e. The van der Waals surface area contributed by atoms with Crippen LogP contribution in [0, 0.1) is 10.1 Å². The van der Waals surface area contributed by atoms with Crippen LogP contribution in [0.25, 0.3) is 0 Å². The number of anilines is 1. The summed E-state index contributed by atoms with van der Waals surface area (Å²) in [6.07, 6.45) is 1.05. The Kier molecular flexibility index (Phi) is 8.39. The zero-order valence-corrected chi connectivity index (χ0v) is 16.0. The van der Waals surface area contributed by atoms with E-state index in [0.717, 1.165) is 49.9 Å². The summed E-state index contributed by atoms with van der Waals surface area (Å²) in [5.41, 5.74) is 0.452. The van der Waals surface area contributed by atoms with E-state index in [4.69, 9.17) is 17.0 Å². The first kappa shape index (κ1) is 19.9. The number of benzene rings is 1. The van der Waals surface area contributed by atoms with E-state index >= 15 is 0 Å². The van der Waals surface area contributed by atoms with Crippen molar-refractivity contribution in [3.63, 3.8) is 0 Å². The highest BCUT2D eigenvalue weighted by Crippen LogP contribution is 2.30. The van der Waals surface area contributed by atoms with Crippen molar-refractivity contribution in [3.8, 4) is 0 Å². The van der Waals surface area contributed by atoms with Crippen molar-refractivity contribution in [2.75, 3.05) is 50.5 Å². The molecule has 1 aliphatic rings. The third-order valence-corrected chi connectivity index (χ3v) is 5.15. The number of nitro benzene ring substituents is 1. The van der Waals surface area contributed by atoms with E-state index in [1.165, 1.54) is 6.07 Å². The van der Waals surface area contributed by atoms with E-state index in [-0.39, 0.29) is 5.69 Å². The molecule has 1 aliphatic heterocycles. The second-order valence-corrected chi connectivity index (χ2v) is 7.20. The summed E-state index contributed by atoms with van der Waals surface area (Å²) < 4.78 is 5.31. The van der Waals surface area contributed by atoms with Crippen LogP contribution in [0.4, 0.5) is 11.4 Å². The van der Waals surface area contributed by atoms with Gasteiger partial charge in [-0.05, 0) is 36.5 Å². The highest BCUT2D eigenvalue weighted by molar-refractivity contribution is 7.99. The van der Waals surface area contributed by atoms with Crippen molar-refractivity contribution in [2.24, 2.45) is 0 Å². The first-order chi connectivity index (χ1) is 12.1. The van der Waals surface area contributed by atoms with Crippen LogP contribution in [-0.2, 0) is 4.74 Å². The van der Waals surface area contributed by atoms with Crippen LogP contribution in [0.5, 0.6) is 0 Å². The van der Waals surface area contributed by atoms with E-state index in [1.54, 1.807) is 23.9 Å². The maximum absolute atomic E-state index is 11.2. The number of thiocarbonyl (C=S) groups is 1. The highest BCUT2D eigenvalue weighted by Gasteiger charge is 2.16. The lowest BCUT2D eigenvalue weighted by atomic mass is 10.2. The second kappa shape index (κ2) is 10.5. The molecule has 1 aromatic rings. The third kappa shape index (κ3) is 6.77. The topological polar surface area (TPSA) is 79.7 Å². The number of morpholine rings is 1. The second-order valence-electron chi connectivity index (χ2n) is 5.62. The monoisotopic (exact) mass is 384 g/mol. The molecule has 1 saturated heterocycles. The minimum Gasteiger partial charge on any atom is -0.379 e. The molecule has 1 heterocycles. The number of hydrogen-bond acceptors (Lipinski definition) is 6. The number of nitro groups is 1. The Hall–Kier alpha value is -1.42. The van der Waals surface area contributed by atoms with Gasteiger partial charge in [-0.15, -0.1) is 11.8 Å². The molecule has 25 heavy (non-hydrogen) atoms. The van der Waals surface area contributed by atoms with Crippen molar-refractivity contribution >= 4 is 40.5 Å². The van der Waals surface area contributed by atoms with Gasteiger partial charge < -0.3 is 15.4 Å². The standard InChI is InChI=1S/C16H24N4O3S2/c1-2-11-25-13-3-4-15(20(21)22)14(12-13)18-16(24)17-5-6-19-7-9-23-10-8-19/h3-4,12H,2,5-11H2,1H3,(H2,17,18,24). The summed E-state index contributed by atoms with van der Waals surface area (Å²) in [6, 6.07) is 5.09. The zero-order valence-electron chi connectivity index (χ0n) is 14.3. The number of thioether (sulfide) groups is 1. The Morgan fingerprint density at radius 1 is 1.44 bits per heavy atom.